The number of primary amides is 1. The second kappa shape index (κ2) is 6.19. The molecule has 0 unspecified atom stereocenters. The average molecular weight is 305 g/mol. The number of nitrogens with one attached hydrogen (secondary N) is 2. The van der Waals surface area contributed by atoms with Gasteiger partial charge in [0.1, 0.15) is 16.9 Å². The summed E-state index contributed by atoms with van der Waals surface area (Å²) in [7, 11) is 0. The van der Waals surface area contributed by atoms with Gasteiger partial charge < -0.3 is 16.4 Å². The summed E-state index contributed by atoms with van der Waals surface area (Å²) < 4.78 is 17.9. The summed E-state index contributed by atoms with van der Waals surface area (Å²) in [5.74, 6) is -1.23. The number of nitrogens with zero attached hydrogens (tertiary/aromatic N) is 2. The van der Waals surface area contributed by atoms with Crippen molar-refractivity contribution in [2.24, 2.45) is 5.73 Å². The number of rotatable bonds is 5. The van der Waals surface area contributed by atoms with Crippen LogP contribution in [-0.4, -0.2) is 16.8 Å². The van der Waals surface area contributed by atoms with Crippen molar-refractivity contribution in [3.63, 3.8) is 0 Å². The fourth-order valence-electron chi connectivity index (χ4n) is 1.64. The molecule has 1 amide bonds. The molecule has 1 aromatic heterocycles. The number of halogens is 1. The minimum absolute atomic E-state index is 0.0940. The van der Waals surface area contributed by atoms with E-state index < -0.39 is 11.7 Å². The molecular formula is C13H12FN5OS. The molecule has 0 saturated carbocycles. The number of benzene rings is 1. The molecule has 1 aromatic carbocycles. The van der Waals surface area contributed by atoms with Crippen LogP contribution in [0.25, 0.3) is 0 Å². The number of carbonyl (C=O) groups is 1. The Labute approximate surface area is 124 Å². The number of nitrogens with two attached hydrogens (primary N) is 1. The zero-order valence-corrected chi connectivity index (χ0v) is 11.9. The molecule has 0 fully saturated rings. The lowest BCUT2D eigenvalue weighted by molar-refractivity contribution is -0.116. The van der Waals surface area contributed by atoms with Crippen molar-refractivity contribution in [2.75, 3.05) is 17.2 Å². The molecule has 0 atom stereocenters. The van der Waals surface area contributed by atoms with E-state index in [1.165, 1.54) is 17.6 Å². The first-order valence-electron chi connectivity index (χ1n) is 5.95. The fraction of sp³-hybridized carbons (Fsp3) is 0.154. The van der Waals surface area contributed by atoms with E-state index in [1.54, 1.807) is 0 Å². The monoisotopic (exact) mass is 305 g/mol. The third-order valence-electron chi connectivity index (χ3n) is 2.57. The number of aryl methyl sites for hydroxylation is 1. The van der Waals surface area contributed by atoms with Crippen LogP contribution < -0.4 is 16.4 Å². The molecule has 0 aliphatic heterocycles. The average Bonchev–Trinajstić information content (AvgIpc) is 2.84. The number of anilines is 3. The van der Waals surface area contributed by atoms with E-state index in [4.69, 9.17) is 11.0 Å². The molecule has 2 rings (SSSR count). The van der Waals surface area contributed by atoms with Crippen LogP contribution in [0, 0.1) is 24.1 Å². The summed E-state index contributed by atoms with van der Waals surface area (Å²) in [5.41, 5.74) is 6.53. The summed E-state index contributed by atoms with van der Waals surface area (Å²) >= 11 is 1.23. The number of hydrogen-bond acceptors (Lipinski definition) is 6. The van der Waals surface area contributed by atoms with Crippen LogP contribution in [0.1, 0.15) is 11.3 Å². The minimum atomic E-state index is -0.626. The second-order valence-electron chi connectivity index (χ2n) is 4.27. The molecule has 21 heavy (non-hydrogen) atoms. The van der Waals surface area contributed by atoms with Gasteiger partial charge in [0.15, 0.2) is 0 Å². The maximum absolute atomic E-state index is 13.8. The largest absolute Gasteiger partial charge is 0.374 e. The first-order valence-corrected chi connectivity index (χ1v) is 6.73. The molecule has 4 N–H and O–H groups in total. The molecule has 2 aromatic rings. The van der Waals surface area contributed by atoms with Crippen molar-refractivity contribution in [1.82, 2.24) is 4.37 Å². The SMILES string of the molecule is Cc1cc(Nc2cc(NCC(N)=O)c(F)cc2C#N)sn1. The quantitative estimate of drug-likeness (QED) is 0.785. The highest BCUT2D eigenvalue weighted by Crippen LogP contribution is 2.28. The van der Waals surface area contributed by atoms with E-state index in [0.717, 1.165) is 16.8 Å². The lowest BCUT2D eigenvalue weighted by Gasteiger charge is -2.11. The maximum atomic E-state index is 13.8. The molecule has 1 heterocycles. The minimum Gasteiger partial charge on any atom is -0.374 e. The predicted octanol–water partition coefficient (Wildman–Crippen LogP) is 2.10. The molecule has 0 bridgehead atoms. The van der Waals surface area contributed by atoms with Gasteiger partial charge in [-0.2, -0.15) is 9.64 Å². The van der Waals surface area contributed by atoms with Gasteiger partial charge in [-0.1, -0.05) is 0 Å². The van der Waals surface area contributed by atoms with Gasteiger partial charge in [-0.15, -0.1) is 0 Å². The number of nitriles is 1. The first kappa shape index (κ1) is 14.7. The van der Waals surface area contributed by atoms with E-state index in [0.29, 0.717) is 5.69 Å². The van der Waals surface area contributed by atoms with Crippen LogP contribution in [0.15, 0.2) is 18.2 Å². The Morgan fingerprint density at radius 2 is 2.24 bits per heavy atom. The van der Waals surface area contributed by atoms with Crippen molar-refractivity contribution in [1.29, 1.82) is 5.26 Å². The number of hydrogen-bond donors (Lipinski definition) is 3. The third-order valence-corrected chi connectivity index (χ3v) is 3.36. The predicted molar refractivity (Wildman–Crippen MR) is 78.9 cm³/mol. The Morgan fingerprint density at radius 3 is 2.81 bits per heavy atom. The first-order chi connectivity index (χ1) is 9.99. The van der Waals surface area contributed by atoms with E-state index in [2.05, 4.69) is 15.0 Å². The summed E-state index contributed by atoms with van der Waals surface area (Å²) in [6.07, 6.45) is 0. The van der Waals surface area contributed by atoms with Gasteiger partial charge in [0, 0.05) is 0 Å². The smallest absolute Gasteiger partial charge is 0.236 e. The normalized spacial score (nSPS) is 9.95. The Bertz CT molecular complexity index is 722. The fourth-order valence-corrected chi connectivity index (χ4v) is 2.32. The third kappa shape index (κ3) is 3.67. The van der Waals surface area contributed by atoms with Crippen molar-refractivity contribution >= 4 is 33.8 Å². The van der Waals surface area contributed by atoms with Gasteiger partial charge in [-0.05, 0) is 36.7 Å². The van der Waals surface area contributed by atoms with Gasteiger partial charge in [0.25, 0.3) is 0 Å². The summed E-state index contributed by atoms with van der Waals surface area (Å²) in [6.45, 7) is 1.65. The van der Waals surface area contributed by atoms with E-state index in [1.807, 2.05) is 19.1 Å². The molecule has 0 aliphatic carbocycles. The van der Waals surface area contributed by atoms with E-state index in [-0.39, 0.29) is 17.8 Å². The second-order valence-corrected chi connectivity index (χ2v) is 5.07. The molecular weight excluding hydrogens is 293 g/mol. The highest BCUT2D eigenvalue weighted by molar-refractivity contribution is 7.10. The number of amides is 1. The van der Waals surface area contributed by atoms with Crippen LogP contribution >= 0.6 is 11.5 Å². The van der Waals surface area contributed by atoms with Gasteiger partial charge in [-0.3, -0.25) is 4.79 Å². The standard InChI is InChI=1S/C13H12FN5OS/c1-7-2-13(21-19-7)18-10-4-11(17-6-12(16)20)9(14)3-8(10)5-15/h2-4,17-18H,6H2,1H3,(H2,16,20). The van der Waals surface area contributed by atoms with Crippen LogP contribution in [0.4, 0.5) is 20.8 Å². The Morgan fingerprint density at radius 1 is 1.48 bits per heavy atom. The van der Waals surface area contributed by atoms with Crippen molar-refractivity contribution < 1.29 is 9.18 Å². The van der Waals surface area contributed by atoms with Gasteiger partial charge in [-0.25, -0.2) is 4.39 Å². The molecule has 0 spiro atoms. The highest BCUT2D eigenvalue weighted by Gasteiger charge is 2.11. The molecule has 0 saturated heterocycles. The van der Waals surface area contributed by atoms with Gasteiger partial charge in [0.2, 0.25) is 5.91 Å². The van der Waals surface area contributed by atoms with E-state index >= 15 is 0 Å². The molecule has 0 radical (unpaired) electrons. The van der Waals surface area contributed by atoms with E-state index in [9.17, 15) is 9.18 Å². The summed E-state index contributed by atoms with van der Waals surface area (Å²) in [4.78, 5) is 10.7. The summed E-state index contributed by atoms with van der Waals surface area (Å²) in [6, 6.07) is 6.25. The van der Waals surface area contributed by atoms with Crippen molar-refractivity contribution in [3.05, 3.63) is 35.3 Å². The van der Waals surface area contributed by atoms with Gasteiger partial charge in [0.05, 0.1) is 29.2 Å². The van der Waals surface area contributed by atoms with Gasteiger partial charge >= 0.3 is 0 Å². The Hall–Kier alpha value is -2.66. The van der Waals surface area contributed by atoms with Crippen molar-refractivity contribution in [3.8, 4) is 6.07 Å². The zero-order valence-electron chi connectivity index (χ0n) is 11.1. The Balaban J connectivity index is 2.31. The number of aromatic nitrogens is 1. The van der Waals surface area contributed by atoms with Crippen LogP contribution in [0.3, 0.4) is 0 Å². The topological polar surface area (TPSA) is 104 Å². The maximum Gasteiger partial charge on any atom is 0.236 e. The number of carbonyl (C=O) groups excluding carboxylic acids is 1. The zero-order chi connectivity index (χ0) is 15.4. The molecule has 108 valence electrons. The molecule has 0 aliphatic rings. The summed E-state index contributed by atoms with van der Waals surface area (Å²) in [5, 5.41) is 15.4. The van der Waals surface area contributed by atoms with Crippen LogP contribution in [-0.2, 0) is 4.79 Å². The molecule has 8 heteroatoms. The lowest BCUT2D eigenvalue weighted by atomic mass is 10.1. The van der Waals surface area contributed by atoms with Crippen molar-refractivity contribution in [2.45, 2.75) is 6.92 Å². The lowest BCUT2D eigenvalue weighted by Crippen LogP contribution is -2.22. The van der Waals surface area contributed by atoms with Crippen LogP contribution in [0.2, 0.25) is 0 Å². The molecule has 6 nitrogen and oxygen atoms in total. The Kier molecular flexibility index (Phi) is 4.35. The highest BCUT2D eigenvalue weighted by atomic mass is 32.1. The van der Waals surface area contributed by atoms with Crippen LogP contribution in [0.5, 0.6) is 0 Å².